The molecule has 0 aliphatic heterocycles. The van der Waals surface area contributed by atoms with Crippen LogP contribution in [0.15, 0.2) is 30.3 Å². The summed E-state index contributed by atoms with van der Waals surface area (Å²) in [6.07, 6.45) is 6.86. The van der Waals surface area contributed by atoms with Crippen molar-refractivity contribution in [2.24, 2.45) is 5.92 Å². The zero-order chi connectivity index (χ0) is 14.4. The Bertz CT molecular complexity index is 409. The summed E-state index contributed by atoms with van der Waals surface area (Å²) in [6.45, 7) is 5.07. The van der Waals surface area contributed by atoms with Gasteiger partial charge in [0.2, 0.25) is 5.91 Å². The standard InChI is InChI=1S/C18H27NO/c1-3-15(2)19(14-17-11-5-4-6-12-17)18(20)13-16-9-7-8-10-16/h4-6,11-12,15-16H,3,7-10,13-14H2,1-2H3. The van der Waals surface area contributed by atoms with Crippen LogP contribution in [0.2, 0.25) is 0 Å². The SMILES string of the molecule is CCC(C)N(Cc1ccccc1)C(=O)CC1CCCC1. The van der Waals surface area contributed by atoms with Crippen LogP contribution in [-0.2, 0) is 11.3 Å². The van der Waals surface area contributed by atoms with E-state index in [0.29, 0.717) is 17.9 Å². The Morgan fingerprint density at radius 3 is 2.50 bits per heavy atom. The van der Waals surface area contributed by atoms with E-state index in [2.05, 4.69) is 30.9 Å². The highest BCUT2D eigenvalue weighted by Crippen LogP contribution is 2.28. The molecule has 0 N–H and O–H groups in total. The number of rotatable bonds is 6. The van der Waals surface area contributed by atoms with E-state index in [1.807, 2.05) is 18.2 Å². The summed E-state index contributed by atoms with van der Waals surface area (Å²) in [5, 5.41) is 0. The van der Waals surface area contributed by atoms with Gasteiger partial charge in [0.25, 0.3) is 0 Å². The maximum absolute atomic E-state index is 12.6. The topological polar surface area (TPSA) is 20.3 Å². The molecule has 1 aliphatic rings. The van der Waals surface area contributed by atoms with Crippen molar-refractivity contribution in [2.45, 2.75) is 65.0 Å². The second-order valence-corrected chi connectivity index (χ2v) is 6.12. The number of nitrogens with zero attached hydrogens (tertiary/aromatic N) is 1. The van der Waals surface area contributed by atoms with E-state index >= 15 is 0 Å². The van der Waals surface area contributed by atoms with E-state index in [0.717, 1.165) is 19.4 Å². The van der Waals surface area contributed by atoms with Gasteiger partial charge in [-0.3, -0.25) is 4.79 Å². The highest BCUT2D eigenvalue weighted by molar-refractivity contribution is 5.76. The molecule has 0 radical (unpaired) electrons. The van der Waals surface area contributed by atoms with Crippen molar-refractivity contribution in [3.05, 3.63) is 35.9 Å². The van der Waals surface area contributed by atoms with Crippen LogP contribution in [0, 0.1) is 5.92 Å². The molecule has 110 valence electrons. The molecule has 1 fully saturated rings. The number of hydrogen-bond acceptors (Lipinski definition) is 1. The predicted molar refractivity (Wildman–Crippen MR) is 83.3 cm³/mol. The molecule has 1 aromatic carbocycles. The number of benzene rings is 1. The number of carbonyl (C=O) groups excluding carboxylic acids is 1. The smallest absolute Gasteiger partial charge is 0.223 e. The van der Waals surface area contributed by atoms with E-state index in [9.17, 15) is 4.79 Å². The molecule has 1 amide bonds. The van der Waals surface area contributed by atoms with Gasteiger partial charge in [-0.2, -0.15) is 0 Å². The molecule has 2 heteroatoms. The van der Waals surface area contributed by atoms with Crippen LogP contribution in [0.1, 0.15) is 57.9 Å². The fourth-order valence-electron chi connectivity index (χ4n) is 3.07. The van der Waals surface area contributed by atoms with Gasteiger partial charge < -0.3 is 4.90 Å². The first-order chi connectivity index (χ1) is 9.70. The molecule has 0 heterocycles. The van der Waals surface area contributed by atoms with Gasteiger partial charge >= 0.3 is 0 Å². The predicted octanol–water partition coefficient (Wildman–Crippen LogP) is 4.39. The quantitative estimate of drug-likeness (QED) is 0.752. The average Bonchev–Trinajstić information content (AvgIpc) is 2.98. The first-order valence-corrected chi connectivity index (χ1v) is 8.04. The van der Waals surface area contributed by atoms with Gasteiger partial charge in [0.15, 0.2) is 0 Å². The van der Waals surface area contributed by atoms with Crippen LogP contribution in [-0.4, -0.2) is 16.8 Å². The third-order valence-electron chi connectivity index (χ3n) is 4.58. The van der Waals surface area contributed by atoms with Crippen molar-refractivity contribution >= 4 is 5.91 Å². The lowest BCUT2D eigenvalue weighted by atomic mass is 10.0. The van der Waals surface area contributed by atoms with E-state index in [1.54, 1.807) is 0 Å². The summed E-state index contributed by atoms with van der Waals surface area (Å²) in [5.41, 5.74) is 1.23. The molecule has 1 atom stereocenters. The van der Waals surface area contributed by atoms with E-state index < -0.39 is 0 Å². The lowest BCUT2D eigenvalue weighted by molar-refractivity contribution is -0.135. The number of amides is 1. The summed E-state index contributed by atoms with van der Waals surface area (Å²) in [4.78, 5) is 14.7. The lowest BCUT2D eigenvalue weighted by Crippen LogP contribution is -2.38. The van der Waals surface area contributed by atoms with Gasteiger partial charge in [-0.1, -0.05) is 50.1 Å². The summed E-state index contributed by atoms with van der Waals surface area (Å²) in [5.74, 6) is 0.972. The van der Waals surface area contributed by atoms with Gasteiger partial charge in [-0.25, -0.2) is 0 Å². The fraction of sp³-hybridized carbons (Fsp3) is 0.611. The lowest BCUT2D eigenvalue weighted by Gasteiger charge is -2.30. The minimum atomic E-state index is 0.323. The average molecular weight is 273 g/mol. The van der Waals surface area contributed by atoms with Crippen LogP contribution in [0.5, 0.6) is 0 Å². The summed E-state index contributed by atoms with van der Waals surface area (Å²) >= 11 is 0. The highest BCUT2D eigenvalue weighted by Gasteiger charge is 2.24. The third kappa shape index (κ3) is 4.09. The molecule has 0 aromatic heterocycles. The Morgan fingerprint density at radius 2 is 1.90 bits per heavy atom. The van der Waals surface area contributed by atoms with Gasteiger partial charge in [-0.15, -0.1) is 0 Å². The van der Waals surface area contributed by atoms with Crippen molar-refractivity contribution in [1.29, 1.82) is 0 Å². The highest BCUT2D eigenvalue weighted by atomic mass is 16.2. The van der Waals surface area contributed by atoms with Crippen LogP contribution < -0.4 is 0 Å². The molecule has 1 aromatic rings. The normalized spacial score (nSPS) is 17.1. The minimum Gasteiger partial charge on any atom is -0.336 e. The largest absolute Gasteiger partial charge is 0.336 e. The molecule has 0 saturated heterocycles. The first kappa shape index (κ1) is 15.1. The fourth-order valence-corrected chi connectivity index (χ4v) is 3.07. The van der Waals surface area contributed by atoms with Crippen molar-refractivity contribution in [1.82, 2.24) is 4.90 Å². The summed E-state index contributed by atoms with van der Waals surface area (Å²) in [6, 6.07) is 10.7. The Hall–Kier alpha value is -1.31. The monoisotopic (exact) mass is 273 g/mol. The van der Waals surface area contributed by atoms with E-state index in [1.165, 1.54) is 31.2 Å². The molecular formula is C18H27NO. The van der Waals surface area contributed by atoms with Crippen LogP contribution in [0.3, 0.4) is 0 Å². The molecule has 1 aliphatic carbocycles. The maximum atomic E-state index is 12.6. The first-order valence-electron chi connectivity index (χ1n) is 8.04. The molecular weight excluding hydrogens is 246 g/mol. The minimum absolute atomic E-state index is 0.323. The van der Waals surface area contributed by atoms with E-state index in [-0.39, 0.29) is 0 Å². The van der Waals surface area contributed by atoms with Crippen molar-refractivity contribution in [2.75, 3.05) is 0 Å². The van der Waals surface area contributed by atoms with Crippen molar-refractivity contribution in [3.63, 3.8) is 0 Å². The van der Waals surface area contributed by atoms with Crippen LogP contribution in [0.25, 0.3) is 0 Å². The molecule has 0 bridgehead atoms. The molecule has 2 nitrogen and oxygen atoms in total. The maximum Gasteiger partial charge on any atom is 0.223 e. The zero-order valence-corrected chi connectivity index (χ0v) is 12.8. The number of hydrogen-bond donors (Lipinski definition) is 0. The molecule has 1 unspecified atom stereocenters. The van der Waals surface area contributed by atoms with Crippen LogP contribution in [0.4, 0.5) is 0 Å². The van der Waals surface area contributed by atoms with Gasteiger partial charge in [0, 0.05) is 19.0 Å². The zero-order valence-electron chi connectivity index (χ0n) is 12.8. The summed E-state index contributed by atoms with van der Waals surface area (Å²) < 4.78 is 0. The van der Waals surface area contributed by atoms with E-state index in [4.69, 9.17) is 0 Å². The molecule has 0 spiro atoms. The van der Waals surface area contributed by atoms with Gasteiger partial charge in [-0.05, 0) is 37.7 Å². The number of carbonyl (C=O) groups is 1. The molecule has 1 saturated carbocycles. The Balaban J connectivity index is 2.00. The third-order valence-corrected chi connectivity index (χ3v) is 4.58. The van der Waals surface area contributed by atoms with Gasteiger partial charge in [0.1, 0.15) is 0 Å². The Morgan fingerprint density at radius 1 is 1.25 bits per heavy atom. The van der Waals surface area contributed by atoms with Gasteiger partial charge in [0.05, 0.1) is 0 Å². The Labute approximate surface area is 123 Å². The molecule has 2 rings (SSSR count). The molecule has 20 heavy (non-hydrogen) atoms. The second-order valence-electron chi connectivity index (χ2n) is 6.12. The van der Waals surface area contributed by atoms with Crippen molar-refractivity contribution in [3.8, 4) is 0 Å². The van der Waals surface area contributed by atoms with Crippen molar-refractivity contribution < 1.29 is 4.79 Å². The summed E-state index contributed by atoms with van der Waals surface area (Å²) in [7, 11) is 0. The van der Waals surface area contributed by atoms with Crippen LogP contribution >= 0.6 is 0 Å². The Kier molecular flexibility index (Phi) is 5.63. The second kappa shape index (κ2) is 7.47.